The lowest BCUT2D eigenvalue weighted by Gasteiger charge is -2.02. The van der Waals surface area contributed by atoms with Gasteiger partial charge in [0.2, 0.25) is 0 Å². The average molecular weight is 557 g/mol. The van der Waals surface area contributed by atoms with Crippen molar-refractivity contribution < 1.29 is 0 Å². The molecule has 0 aliphatic rings. The van der Waals surface area contributed by atoms with E-state index < -0.39 is 0 Å². The monoisotopic (exact) mass is 556 g/mol. The molecule has 0 atom stereocenters. The van der Waals surface area contributed by atoms with Gasteiger partial charge >= 0.3 is 0 Å². The van der Waals surface area contributed by atoms with E-state index in [0.29, 0.717) is 0 Å². The van der Waals surface area contributed by atoms with Gasteiger partial charge in [0, 0.05) is 20.2 Å². The lowest BCUT2D eigenvalue weighted by molar-refractivity contribution is 0.667. The van der Waals surface area contributed by atoms with Crippen LogP contribution in [-0.2, 0) is 12.8 Å². The third kappa shape index (κ3) is 8.30. The van der Waals surface area contributed by atoms with E-state index in [1.54, 1.807) is 0 Å². The van der Waals surface area contributed by atoms with E-state index in [4.69, 9.17) is 0 Å². The largest absolute Gasteiger partial charge is 0.135 e. The second kappa shape index (κ2) is 15.0. The molecule has 1 heterocycles. The summed E-state index contributed by atoms with van der Waals surface area (Å²) in [7, 11) is 0. The van der Waals surface area contributed by atoms with Gasteiger partial charge in [-0.25, -0.2) is 0 Å². The van der Waals surface area contributed by atoms with Gasteiger partial charge in [0.05, 0.1) is 0 Å². The van der Waals surface area contributed by atoms with Crippen LogP contribution in [0.25, 0.3) is 44.5 Å². The maximum absolute atomic E-state index is 2.35. The first-order chi connectivity index (χ1) is 20.2. The number of aryl methyl sites for hydroxylation is 2. The van der Waals surface area contributed by atoms with E-state index in [1.165, 1.54) is 118 Å². The second-order valence-corrected chi connectivity index (χ2v) is 12.5. The molecule has 0 bridgehead atoms. The highest BCUT2D eigenvalue weighted by molar-refractivity contribution is 7.25. The maximum Gasteiger partial charge on any atom is 0.0355 e. The zero-order valence-corrected chi connectivity index (χ0v) is 25.7. The van der Waals surface area contributed by atoms with Crippen LogP contribution >= 0.6 is 11.3 Å². The first-order valence-electron chi connectivity index (χ1n) is 15.7. The quantitative estimate of drug-likeness (QED) is 0.0942. The minimum absolute atomic E-state index is 1.19. The molecule has 0 aliphatic heterocycles. The molecule has 5 aromatic rings. The van der Waals surface area contributed by atoms with Gasteiger partial charge in [0.1, 0.15) is 0 Å². The van der Waals surface area contributed by atoms with Gasteiger partial charge in [0.15, 0.2) is 0 Å². The number of rotatable bonds is 14. The summed E-state index contributed by atoms with van der Waals surface area (Å²) in [6.45, 7) is 4.54. The Balaban J connectivity index is 1.26. The number of hydrogen-bond donors (Lipinski definition) is 0. The summed E-state index contributed by atoms with van der Waals surface area (Å²) < 4.78 is 2.69. The highest BCUT2D eigenvalue weighted by Crippen LogP contribution is 2.35. The van der Waals surface area contributed by atoms with Crippen LogP contribution in [0.1, 0.15) is 98.6 Å². The minimum Gasteiger partial charge on any atom is -0.135 e. The molecule has 5 rings (SSSR count). The fourth-order valence-electron chi connectivity index (χ4n) is 5.51. The number of thiophene rings is 1. The van der Waals surface area contributed by atoms with E-state index in [-0.39, 0.29) is 0 Å². The standard InChI is InChI=1S/C40H44S/c1-3-5-7-9-11-31-13-17-33(18-14-31)21-23-35-25-27-39-37(29-35)38-30-36(26-28-40(38)41-39)24-22-34-19-15-32(16-20-34)12-10-8-6-4-2/h13-30H,3-12H2,1-2H3/b23-21+,24-22+. The molecule has 0 unspecified atom stereocenters. The van der Waals surface area contributed by atoms with Crippen molar-refractivity contribution in [2.24, 2.45) is 0 Å². The Labute approximate surface area is 251 Å². The van der Waals surface area contributed by atoms with Crippen LogP contribution in [0.4, 0.5) is 0 Å². The van der Waals surface area contributed by atoms with Crippen LogP contribution < -0.4 is 0 Å². The molecule has 210 valence electrons. The van der Waals surface area contributed by atoms with Gasteiger partial charge in [0.25, 0.3) is 0 Å². The average Bonchev–Trinajstić information content (AvgIpc) is 3.38. The Morgan fingerprint density at radius 1 is 0.439 bits per heavy atom. The predicted octanol–water partition coefficient (Wildman–Crippen LogP) is 12.6. The highest BCUT2D eigenvalue weighted by atomic mass is 32.1. The van der Waals surface area contributed by atoms with Crippen LogP contribution in [0.3, 0.4) is 0 Å². The van der Waals surface area contributed by atoms with Gasteiger partial charge in [-0.1, -0.05) is 137 Å². The van der Waals surface area contributed by atoms with Crippen LogP contribution in [0.15, 0.2) is 84.9 Å². The van der Waals surface area contributed by atoms with Crippen molar-refractivity contribution in [3.8, 4) is 0 Å². The minimum atomic E-state index is 1.19. The molecule has 1 aromatic heterocycles. The van der Waals surface area contributed by atoms with Crippen molar-refractivity contribution in [2.45, 2.75) is 78.1 Å². The van der Waals surface area contributed by atoms with Crippen molar-refractivity contribution >= 4 is 55.8 Å². The van der Waals surface area contributed by atoms with E-state index in [9.17, 15) is 0 Å². The molecule has 1 heteroatoms. The third-order valence-corrected chi connectivity index (χ3v) is 9.20. The predicted molar refractivity (Wildman–Crippen MR) is 186 cm³/mol. The lowest BCUT2D eigenvalue weighted by atomic mass is 10.0. The first kappa shape index (κ1) is 29.1. The van der Waals surface area contributed by atoms with E-state index in [0.717, 1.165) is 0 Å². The van der Waals surface area contributed by atoms with E-state index >= 15 is 0 Å². The molecular weight excluding hydrogens is 513 g/mol. The molecular formula is C40H44S. The smallest absolute Gasteiger partial charge is 0.0355 e. The van der Waals surface area contributed by atoms with Gasteiger partial charge in [-0.2, -0.15) is 0 Å². The normalized spacial score (nSPS) is 12.0. The summed E-state index contributed by atoms with van der Waals surface area (Å²) in [5.41, 5.74) is 7.91. The molecule has 0 saturated carbocycles. The molecule has 0 saturated heterocycles. The molecule has 4 aromatic carbocycles. The van der Waals surface area contributed by atoms with Crippen LogP contribution in [-0.4, -0.2) is 0 Å². The molecule has 0 aliphatic carbocycles. The van der Waals surface area contributed by atoms with Gasteiger partial charge in [-0.15, -0.1) is 11.3 Å². The topological polar surface area (TPSA) is 0 Å². The second-order valence-electron chi connectivity index (χ2n) is 11.4. The summed E-state index contributed by atoms with van der Waals surface area (Å²) in [4.78, 5) is 0. The zero-order chi connectivity index (χ0) is 28.3. The molecule has 0 amide bonds. The van der Waals surface area contributed by atoms with Crippen LogP contribution in [0, 0.1) is 0 Å². The first-order valence-corrected chi connectivity index (χ1v) is 16.5. The van der Waals surface area contributed by atoms with Gasteiger partial charge in [-0.05, 0) is 83.3 Å². The fraction of sp³-hybridized carbons (Fsp3) is 0.300. The summed E-state index contributed by atoms with van der Waals surface area (Å²) >= 11 is 1.88. The fourth-order valence-corrected chi connectivity index (χ4v) is 6.57. The lowest BCUT2D eigenvalue weighted by Crippen LogP contribution is -1.86. The van der Waals surface area contributed by atoms with Crippen molar-refractivity contribution in [1.29, 1.82) is 0 Å². The number of fused-ring (bicyclic) bond motifs is 3. The number of hydrogen-bond acceptors (Lipinski definition) is 1. The Bertz CT molecular complexity index is 1460. The maximum atomic E-state index is 2.35. The Kier molecular flexibility index (Phi) is 10.6. The molecule has 0 spiro atoms. The molecule has 0 N–H and O–H groups in total. The Hall–Kier alpha value is -3.42. The summed E-state index contributed by atoms with van der Waals surface area (Å²) in [5, 5.41) is 2.69. The molecule has 0 radical (unpaired) electrons. The van der Waals surface area contributed by atoms with Crippen LogP contribution in [0.2, 0.25) is 0 Å². The highest BCUT2D eigenvalue weighted by Gasteiger charge is 2.06. The zero-order valence-electron chi connectivity index (χ0n) is 24.9. The number of benzene rings is 4. The summed E-state index contributed by atoms with van der Waals surface area (Å²) in [6, 6.07) is 31.9. The SMILES string of the molecule is CCCCCCc1ccc(/C=C/c2ccc3sc4ccc(/C=C/c5ccc(CCCCCC)cc5)cc4c3c2)cc1. The number of unbranched alkanes of at least 4 members (excludes halogenated alkanes) is 6. The molecule has 0 fully saturated rings. The third-order valence-electron chi connectivity index (χ3n) is 8.05. The molecule has 41 heavy (non-hydrogen) atoms. The molecule has 0 nitrogen and oxygen atoms in total. The Morgan fingerprint density at radius 2 is 0.829 bits per heavy atom. The van der Waals surface area contributed by atoms with Gasteiger partial charge < -0.3 is 0 Å². The van der Waals surface area contributed by atoms with E-state index in [2.05, 4.69) is 123 Å². The summed E-state index contributed by atoms with van der Waals surface area (Å²) in [6.07, 6.45) is 21.9. The van der Waals surface area contributed by atoms with Crippen LogP contribution in [0.5, 0.6) is 0 Å². The van der Waals surface area contributed by atoms with Crippen molar-refractivity contribution in [1.82, 2.24) is 0 Å². The summed E-state index contributed by atoms with van der Waals surface area (Å²) in [5.74, 6) is 0. The van der Waals surface area contributed by atoms with Gasteiger partial charge in [-0.3, -0.25) is 0 Å². The van der Waals surface area contributed by atoms with E-state index in [1.807, 2.05) is 11.3 Å². The van der Waals surface area contributed by atoms with Crippen molar-refractivity contribution in [3.05, 3.63) is 118 Å². The van der Waals surface area contributed by atoms with Crippen molar-refractivity contribution in [3.63, 3.8) is 0 Å². The van der Waals surface area contributed by atoms with Crippen molar-refractivity contribution in [2.75, 3.05) is 0 Å². The Morgan fingerprint density at radius 3 is 1.24 bits per heavy atom.